The zero-order chi connectivity index (χ0) is 22.0. The molecule has 30 heavy (non-hydrogen) atoms. The second-order valence-corrected chi connectivity index (χ2v) is 8.56. The number of pyridine rings is 1. The summed E-state index contributed by atoms with van der Waals surface area (Å²) in [5.74, 6) is 0. The molecule has 4 nitrogen and oxygen atoms in total. The minimum absolute atomic E-state index is 0.120. The summed E-state index contributed by atoms with van der Waals surface area (Å²) in [4.78, 5) is 6.37. The normalized spacial score (nSPS) is 21.4. The fraction of sp³-hybridized carbons (Fsp3) is 0.478. The molecule has 1 saturated heterocycles. The minimum Gasteiger partial charge on any atom is -0.383 e. The second kappa shape index (κ2) is 8.37. The van der Waals surface area contributed by atoms with Gasteiger partial charge < -0.3 is 5.11 Å². The first-order valence-electron chi connectivity index (χ1n) is 9.99. The summed E-state index contributed by atoms with van der Waals surface area (Å²) in [7, 11) is 0. The maximum atomic E-state index is 13.6. The first-order chi connectivity index (χ1) is 14.1. The number of halogens is 3. The van der Waals surface area contributed by atoms with Crippen molar-refractivity contribution >= 4 is 0 Å². The Hall–Kier alpha value is -2.43. The molecule has 1 aliphatic rings. The van der Waals surface area contributed by atoms with E-state index >= 15 is 0 Å². The van der Waals surface area contributed by atoms with Gasteiger partial charge in [0.05, 0.1) is 22.9 Å². The first kappa shape index (κ1) is 22.3. The molecule has 2 aromatic rings. The number of aryl methyl sites for hydroxylation is 1. The van der Waals surface area contributed by atoms with Crippen molar-refractivity contribution in [3.63, 3.8) is 0 Å². The van der Waals surface area contributed by atoms with Gasteiger partial charge in [-0.25, -0.2) is 0 Å². The van der Waals surface area contributed by atoms with E-state index in [1.54, 1.807) is 36.5 Å². The smallest absolute Gasteiger partial charge is 0.383 e. The Labute approximate surface area is 175 Å². The van der Waals surface area contributed by atoms with Crippen LogP contribution in [0.25, 0.3) is 0 Å². The number of nitriles is 1. The summed E-state index contributed by atoms with van der Waals surface area (Å²) in [6.07, 6.45) is -4.65. The highest BCUT2D eigenvalue weighted by atomic mass is 19.4. The molecule has 0 aliphatic carbocycles. The third-order valence-electron chi connectivity index (χ3n) is 6.33. The number of hydrogen-bond acceptors (Lipinski definition) is 4. The molecule has 0 bridgehead atoms. The summed E-state index contributed by atoms with van der Waals surface area (Å²) < 4.78 is 40.8. The average molecular weight is 417 g/mol. The number of aliphatic hydroxyl groups excluding tert-OH is 1. The van der Waals surface area contributed by atoms with Gasteiger partial charge in [0.2, 0.25) is 0 Å². The van der Waals surface area contributed by atoms with Crippen LogP contribution in [0.5, 0.6) is 0 Å². The molecule has 0 amide bonds. The van der Waals surface area contributed by atoms with Crippen LogP contribution < -0.4 is 0 Å². The van der Waals surface area contributed by atoms with Crippen molar-refractivity contribution in [1.29, 1.82) is 5.26 Å². The Morgan fingerprint density at radius 1 is 1.23 bits per heavy atom. The molecular weight excluding hydrogens is 391 g/mol. The molecular formula is C23H26F3N3O. The van der Waals surface area contributed by atoms with Gasteiger partial charge >= 0.3 is 6.18 Å². The van der Waals surface area contributed by atoms with E-state index in [4.69, 9.17) is 5.26 Å². The van der Waals surface area contributed by atoms with Gasteiger partial charge in [0.1, 0.15) is 0 Å². The lowest BCUT2D eigenvalue weighted by molar-refractivity contribution is -0.239. The molecule has 1 aliphatic heterocycles. The Kier molecular flexibility index (Phi) is 6.21. The molecule has 1 N–H and O–H groups in total. The first-order valence-corrected chi connectivity index (χ1v) is 9.99. The Balaban J connectivity index is 1.86. The molecule has 160 valence electrons. The fourth-order valence-electron chi connectivity index (χ4n) is 4.36. The largest absolute Gasteiger partial charge is 0.414 e. The van der Waals surface area contributed by atoms with E-state index < -0.39 is 23.2 Å². The number of benzene rings is 1. The highest BCUT2D eigenvalue weighted by Crippen LogP contribution is 2.47. The molecule has 2 atom stereocenters. The molecule has 7 heteroatoms. The summed E-state index contributed by atoms with van der Waals surface area (Å²) in [5.41, 5.74) is 0.179. The van der Waals surface area contributed by atoms with Crippen molar-refractivity contribution < 1.29 is 18.3 Å². The van der Waals surface area contributed by atoms with Crippen LogP contribution in [-0.4, -0.2) is 40.4 Å². The predicted molar refractivity (Wildman–Crippen MR) is 107 cm³/mol. The van der Waals surface area contributed by atoms with E-state index in [1.807, 2.05) is 30.9 Å². The van der Waals surface area contributed by atoms with Gasteiger partial charge in [-0.2, -0.15) is 18.4 Å². The van der Waals surface area contributed by atoms with Crippen LogP contribution in [0.3, 0.4) is 0 Å². The SMILES string of the molecule is CC(C)(c1ccccn1)N1CC[C@@](CCc2cccc(C#N)c2)(C(O)C(F)(F)F)C1. The molecule has 1 aromatic heterocycles. The second-order valence-electron chi connectivity index (χ2n) is 8.56. The van der Waals surface area contributed by atoms with Gasteiger partial charge in [0.15, 0.2) is 6.10 Å². The van der Waals surface area contributed by atoms with E-state index in [2.05, 4.69) is 11.1 Å². The van der Waals surface area contributed by atoms with E-state index in [-0.39, 0.29) is 19.4 Å². The lowest BCUT2D eigenvalue weighted by Gasteiger charge is -2.39. The lowest BCUT2D eigenvalue weighted by atomic mass is 9.75. The monoisotopic (exact) mass is 417 g/mol. The summed E-state index contributed by atoms with van der Waals surface area (Å²) in [5, 5.41) is 19.4. The highest BCUT2D eigenvalue weighted by molar-refractivity contribution is 5.33. The molecule has 1 aromatic carbocycles. The van der Waals surface area contributed by atoms with Crippen molar-refractivity contribution in [3.05, 3.63) is 65.5 Å². The standard InChI is InChI=1S/C23H26F3N3O/c1-21(2,19-8-3-4-12-28-19)29-13-11-22(16-29,20(30)23(24,25)26)10-9-17-6-5-7-18(14-17)15-27/h3-8,12,14,20,30H,9-11,13,16H2,1-2H3/t20?,22-/m1/s1. The van der Waals surface area contributed by atoms with Crippen molar-refractivity contribution in [2.24, 2.45) is 5.41 Å². The maximum Gasteiger partial charge on any atom is 0.414 e. The summed E-state index contributed by atoms with van der Waals surface area (Å²) in [6, 6.07) is 14.5. The summed E-state index contributed by atoms with van der Waals surface area (Å²) in [6.45, 7) is 4.45. The Morgan fingerprint density at radius 3 is 2.63 bits per heavy atom. The zero-order valence-electron chi connectivity index (χ0n) is 17.2. The molecule has 3 rings (SSSR count). The van der Waals surface area contributed by atoms with Gasteiger partial charge in [0.25, 0.3) is 0 Å². The number of likely N-dealkylation sites (tertiary alicyclic amines) is 1. The molecule has 0 saturated carbocycles. The average Bonchev–Trinajstić information content (AvgIpc) is 3.18. The van der Waals surface area contributed by atoms with E-state index in [0.717, 1.165) is 11.3 Å². The van der Waals surface area contributed by atoms with Gasteiger partial charge in [-0.05, 0) is 69.5 Å². The highest BCUT2D eigenvalue weighted by Gasteiger charge is 2.56. The van der Waals surface area contributed by atoms with Crippen molar-refractivity contribution in [3.8, 4) is 6.07 Å². The molecule has 1 fully saturated rings. The van der Waals surface area contributed by atoms with Crippen molar-refractivity contribution in [2.45, 2.75) is 50.9 Å². The van der Waals surface area contributed by atoms with Gasteiger partial charge in [-0.1, -0.05) is 18.2 Å². The number of hydrogen-bond donors (Lipinski definition) is 1. The Bertz CT molecular complexity index is 908. The van der Waals surface area contributed by atoms with Crippen LogP contribution in [0.4, 0.5) is 13.2 Å². The number of rotatable bonds is 6. The van der Waals surface area contributed by atoms with Crippen LogP contribution in [-0.2, 0) is 12.0 Å². The van der Waals surface area contributed by atoms with Crippen LogP contribution >= 0.6 is 0 Å². The lowest BCUT2D eigenvalue weighted by Crippen LogP contribution is -2.49. The van der Waals surface area contributed by atoms with Crippen LogP contribution in [0.2, 0.25) is 0 Å². The maximum absolute atomic E-state index is 13.6. The number of aliphatic hydroxyl groups is 1. The Morgan fingerprint density at radius 2 is 2.00 bits per heavy atom. The quantitative estimate of drug-likeness (QED) is 0.755. The zero-order valence-corrected chi connectivity index (χ0v) is 17.2. The van der Waals surface area contributed by atoms with Crippen molar-refractivity contribution in [1.82, 2.24) is 9.88 Å². The molecule has 2 heterocycles. The van der Waals surface area contributed by atoms with Crippen LogP contribution in [0.15, 0.2) is 48.7 Å². The third kappa shape index (κ3) is 4.50. The van der Waals surface area contributed by atoms with Gasteiger partial charge in [-0.3, -0.25) is 9.88 Å². The fourth-order valence-corrected chi connectivity index (χ4v) is 4.36. The van der Waals surface area contributed by atoms with Crippen molar-refractivity contribution in [2.75, 3.05) is 13.1 Å². The van der Waals surface area contributed by atoms with Crippen LogP contribution in [0, 0.1) is 16.7 Å². The molecule has 1 unspecified atom stereocenters. The van der Waals surface area contributed by atoms with E-state index in [1.165, 1.54) is 0 Å². The van der Waals surface area contributed by atoms with E-state index in [9.17, 15) is 18.3 Å². The minimum atomic E-state index is -4.69. The van der Waals surface area contributed by atoms with Gasteiger partial charge in [-0.15, -0.1) is 0 Å². The number of nitrogens with zero attached hydrogens (tertiary/aromatic N) is 3. The predicted octanol–water partition coefficient (Wildman–Crippen LogP) is 4.44. The van der Waals surface area contributed by atoms with Crippen LogP contribution in [0.1, 0.15) is 43.5 Å². The third-order valence-corrected chi connectivity index (χ3v) is 6.33. The van der Waals surface area contributed by atoms with Gasteiger partial charge in [0, 0.05) is 18.2 Å². The number of alkyl halides is 3. The number of aromatic nitrogens is 1. The van der Waals surface area contributed by atoms with E-state index in [0.29, 0.717) is 18.5 Å². The summed E-state index contributed by atoms with van der Waals surface area (Å²) >= 11 is 0. The molecule has 0 radical (unpaired) electrons. The topological polar surface area (TPSA) is 60.2 Å². The molecule has 0 spiro atoms.